The summed E-state index contributed by atoms with van der Waals surface area (Å²) in [7, 11) is 0. The zero-order valence-electron chi connectivity index (χ0n) is 12.2. The Morgan fingerprint density at radius 2 is 2.24 bits per heavy atom. The first-order valence-electron chi connectivity index (χ1n) is 7.39. The number of amides is 2. The molecule has 0 saturated heterocycles. The van der Waals surface area contributed by atoms with E-state index in [4.69, 9.17) is 5.53 Å². The summed E-state index contributed by atoms with van der Waals surface area (Å²) >= 11 is 0. The van der Waals surface area contributed by atoms with Crippen molar-refractivity contribution in [2.24, 2.45) is 22.9 Å². The summed E-state index contributed by atoms with van der Waals surface area (Å²) in [6, 6.07) is -0.542. The number of rotatable bonds is 7. The molecule has 0 aromatic heterocycles. The van der Waals surface area contributed by atoms with E-state index in [0.29, 0.717) is 31.3 Å². The second-order valence-corrected chi connectivity index (χ2v) is 5.72. The molecule has 114 valence electrons. The van der Waals surface area contributed by atoms with Crippen LogP contribution in [0.5, 0.6) is 0 Å². The fourth-order valence-electron chi connectivity index (χ4n) is 3.03. The Kier molecular flexibility index (Phi) is 5.22. The van der Waals surface area contributed by atoms with Gasteiger partial charge in [-0.1, -0.05) is 17.3 Å². The minimum Gasteiger partial charge on any atom is -0.354 e. The van der Waals surface area contributed by atoms with E-state index in [9.17, 15) is 9.59 Å². The summed E-state index contributed by atoms with van der Waals surface area (Å²) in [6.45, 7) is 2.48. The van der Waals surface area contributed by atoms with Crippen molar-refractivity contribution in [1.29, 1.82) is 0 Å². The quantitative estimate of drug-likeness (QED) is 0.244. The Balaban J connectivity index is 1.69. The maximum absolute atomic E-state index is 12.2. The Labute approximate surface area is 123 Å². The van der Waals surface area contributed by atoms with Gasteiger partial charge >= 0.3 is 0 Å². The van der Waals surface area contributed by atoms with Crippen molar-refractivity contribution in [1.82, 2.24) is 10.6 Å². The van der Waals surface area contributed by atoms with E-state index in [2.05, 4.69) is 32.8 Å². The highest BCUT2D eigenvalue weighted by atomic mass is 16.2. The minimum absolute atomic E-state index is 0.0141. The summed E-state index contributed by atoms with van der Waals surface area (Å²) < 4.78 is 0. The minimum atomic E-state index is -0.542. The molecule has 2 aliphatic carbocycles. The lowest BCUT2D eigenvalue weighted by atomic mass is 9.92. The van der Waals surface area contributed by atoms with Crippen molar-refractivity contribution in [2.75, 3.05) is 13.1 Å². The Hall–Kier alpha value is -2.01. The molecule has 2 N–H and O–H groups in total. The van der Waals surface area contributed by atoms with Gasteiger partial charge in [0.25, 0.3) is 0 Å². The normalized spacial score (nSPS) is 27.0. The Morgan fingerprint density at radius 3 is 2.86 bits per heavy atom. The monoisotopic (exact) mass is 291 g/mol. The fraction of sp³-hybridized carbons (Fsp3) is 0.714. The zero-order chi connectivity index (χ0) is 15.2. The third kappa shape index (κ3) is 3.98. The number of hydrogen-bond acceptors (Lipinski definition) is 3. The van der Waals surface area contributed by atoms with Crippen LogP contribution in [0.4, 0.5) is 0 Å². The predicted octanol–water partition coefficient (Wildman–Crippen LogP) is 1.52. The molecule has 1 fully saturated rings. The molecule has 2 bridgehead atoms. The lowest BCUT2D eigenvalue weighted by Gasteiger charge is -2.20. The molecule has 0 radical (unpaired) electrons. The summed E-state index contributed by atoms with van der Waals surface area (Å²) in [5.41, 5.74) is 8.13. The van der Waals surface area contributed by atoms with Gasteiger partial charge in [-0.15, -0.1) is 0 Å². The Bertz CT molecular complexity index is 484. The summed E-state index contributed by atoms with van der Waals surface area (Å²) in [5.74, 6) is 0.663. The third-order valence-corrected chi connectivity index (χ3v) is 4.17. The number of allylic oxidation sites excluding steroid dienone is 2. The number of nitrogens with one attached hydrogen (secondary N) is 2. The number of carbonyl (C=O) groups is 2. The number of azide groups is 1. The first-order chi connectivity index (χ1) is 10.1. The average molecular weight is 291 g/mol. The van der Waals surface area contributed by atoms with E-state index < -0.39 is 6.04 Å². The number of nitrogens with zero attached hydrogens (tertiary/aromatic N) is 3. The molecule has 2 rings (SSSR count). The van der Waals surface area contributed by atoms with Crippen molar-refractivity contribution in [3.05, 3.63) is 22.6 Å². The zero-order valence-corrected chi connectivity index (χ0v) is 12.2. The number of hydrogen-bond donors (Lipinski definition) is 2. The van der Waals surface area contributed by atoms with E-state index in [-0.39, 0.29) is 17.7 Å². The topological polar surface area (TPSA) is 107 Å². The van der Waals surface area contributed by atoms with Gasteiger partial charge in [-0.2, -0.15) is 0 Å². The lowest BCUT2D eigenvalue weighted by Crippen LogP contribution is -2.47. The molecule has 0 heterocycles. The highest BCUT2D eigenvalue weighted by Gasteiger charge is 2.40. The van der Waals surface area contributed by atoms with Crippen LogP contribution in [0.25, 0.3) is 10.4 Å². The van der Waals surface area contributed by atoms with E-state index in [1.807, 2.05) is 0 Å². The molecule has 0 aliphatic heterocycles. The molecule has 21 heavy (non-hydrogen) atoms. The maximum Gasteiger partial charge on any atom is 0.242 e. The highest BCUT2D eigenvalue weighted by molar-refractivity contribution is 5.88. The van der Waals surface area contributed by atoms with Crippen LogP contribution in [0.2, 0.25) is 0 Å². The van der Waals surface area contributed by atoms with Gasteiger partial charge < -0.3 is 10.6 Å². The van der Waals surface area contributed by atoms with Gasteiger partial charge in [0.15, 0.2) is 0 Å². The molecule has 7 nitrogen and oxygen atoms in total. The molecule has 4 unspecified atom stereocenters. The van der Waals surface area contributed by atoms with Crippen molar-refractivity contribution < 1.29 is 9.59 Å². The molecule has 0 aromatic carbocycles. The smallest absolute Gasteiger partial charge is 0.242 e. The van der Waals surface area contributed by atoms with E-state index >= 15 is 0 Å². The molecule has 2 amide bonds. The first kappa shape index (κ1) is 15.4. The molecular weight excluding hydrogens is 270 g/mol. The van der Waals surface area contributed by atoms with Gasteiger partial charge in [0.1, 0.15) is 6.04 Å². The molecule has 4 atom stereocenters. The van der Waals surface area contributed by atoms with E-state index in [1.165, 1.54) is 0 Å². The van der Waals surface area contributed by atoms with Crippen LogP contribution in [0.15, 0.2) is 17.3 Å². The van der Waals surface area contributed by atoms with Gasteiger partial charge in [-0.05, 0) is 43.6 Å². The molecular formula is C14H21N5O2. The highest BCUT2D eigenvalue weighted by Crippen LogP contribution is 2.43. The summed E-state index contributed by atoms with van der Waals surface area (Å²) in [4.78, 5) is 26.7. The van der Waals surface area contributed by atoms with E-state index in [0.717, 1.165) is 12.8 Å². The third-order valence-electron chi connectivity index (χ3n) is 4.17. The van der Waals surface area contributed by atoms with Crippen LogP contribution >= 0.6 is 0 Å². The Morgan fingerprint density at radius 1 is 1.43 bits per heavy atom. The van der Waals surface area contributed by atoms with Gasteiger partial charge in [0.05, 0.1) is 0 Å². The van der Waals surface area contributed by atoms with Gasteiger partial charge in [-0.3, -0.25) is 9.59 Å². The largest absolute Gasteiger partial charge is 0.354 e. The number of fused-ring (bicyclic) bond motifs is 2. The maximum atomic E-state index is 12.2. The summed E-state index contributed by atoms with van der Waals surface area (Å²) in [5, 5.41) is 8.90. The van der Waals surface area contributed by atoms with Crippen molar-refractivity contribution >= 4 is 11.8 Å². The SMILES string of the molecule is CC(NC(=O)C1CC2C=CC1C2)C(=O)NCCCN=[N+]=[N-]. The van der Waals surface area contributed by atoms with Crippen molar-refractivity contribution in [3.63, 3.8) is 0 Å². The molecule has 0 spiro atoms. The number of carbonyl (C=O) groups excluding carboxylic acids is 2. The van der Waals surface area contributed by atoms with Crippen LogP contribution in [-0.4, -0.2) is 30.9 Å². The van der Waals surface area contributed by atoms with Crippen LogP contribution in [0.3, 0.4) is 0 Å². The standard InChI is InChI=1S/C14H21N5O2/c1-9(13(20)16-5-2-6-17-19-15)18-14(21)12-8-10-3-4-11(12)7-10/h3-4,9-12H,2,5-8H2,1H3,(H,16,20)(H,18,21). The molecule has 0 aromatic rings. The van der Waals surface area contributed by atoms with Gasteiger partial charge in [-0.25, -0.2) is 0 Å². The van der Waals surface area contributed by atoms with Gasteiger partial charge in [0.2, 0.25) is 11.8 Å². The average Bonchev–Trinajstić information content (AvgIpc) is 3.09. The fourth-order valence-corrected chi connectivity index (χ4v) is 3.03. The van der Waals surface area contributed by atoms with Crippen molar-refractivity contribution in [3.8, 4) is 0 Å². The lowest BCUT2D eigenvalue weighted by molar-refractivity contribution is -0.131. The van der Waals surface area contributed by atoms with Gasteiger partial charge in [0, 0.05) is 23.9 Å². The van der Waals surface area contributed by atoms with Crippen LogP contribution in [-0.2, 0) is 9.59 Å². The van der Waals surface area contributed by atoms with Crippen molar-refractivity contribution in [2.45, 2.75) is 32.2 Å². The molecule has 7 heteroatoms. The summed E-state index contributed by atoms with van der Waals surface area (Å²) in [6.07, 6.45) is 6.87. The van der Waals surface area contributed by atoms with Crippen LogP contribution in [0, 0.1) is 17.8 Å². The predicted molar refractivity (Wildman–Crippen MR) is 78.1 cm³/mol. The molecule has 1 saturated carbocycles. The first-order valence-corrected chi connectivity index (χ1v) is 7.39. The second kappa shape index (κ2) is 7.13. The van der Waals surface area contributed by atoms with Crippen LogP contribution in [0.1, 0.15) is 26.2 Å². The van der Waals surface area contributed by atoms with Crippen LogP contribution < -0.4 is 10.6 Å². The molecule has 2 aliphatic rings. The van der Waals surface area contributed by atoms with E-state index in [1.54, 1.807) is 6.92 Å². The second-order valence-electron chi connectivity index (χ2n) is 5.72.